The van der Waals surface area contributed by atoms with E-state index in [0.29, 0.717) is 0 Å². The predicted molar refractivity (Wildman–Crippen MR) is 108 cm³/mol. The number of fused-ring (bicyclic) bond motifs is 1. The van der Waals surface area contributed by atoms with Crippen molar-refractivity contribution < 1.29 is 0 Å². The molecule has 2 aromatic carbocycles. The van der Waals surface area contributed by atoms with Crippen molar-refractivity contribution in [2.45, 2.75) is 17.7 Å². The van der Waals surface area contributed by atoms with Gasteiger partial charge in [-0.15, -0.1) is 23.1 Å². The molecule has 1 aromatic heterocycles. The molecule has 0 saturated carbocycles. The number of benzene rings is 2. The van der Waals surface area contributed by atoms with Gasteiger partial charge < -0.3 is 4.90 Å². The number of aliphatic imine (C=N–C) groups is 1. The van der Waals surface area contributed by atoms with Crippen molar-refractivity contribution in [3.8, 4) is 0 Å². The summed E-state index contributed by atoms with van der Waals surface area (Å²) >= 11 is 3.75. The molecule has 4 rings (SSSR count). The van der Waals surface area contributed by atoms with Gasteiger partial charge in [0.15, 0.2) is 0 Å². The molecule has 1 aliphatic heterocycles. The lowest BCUT2D eigenvalue weighted by atomic mass is 10.3. The van der Waals surface area contributed by atoms with E-state index in [-0.39, 0.29) is 0 Å². The topological polar surface area (TPSA) is 15.6 Å². The SMILES string of the molecule is c1ccc(N2CCCC2=NCCSc2csc3ccccc23)cc1. The third kappa shape index (κ3) is 3.35. The number of thiophene rings is 1. The smallest absolute Gasteiger partial charge is 0.103 e. The minimum Gasteiger partial charge on any atom is -0.330 e. The Bertz CT molecular complexity index is 839. The molecular formula is C20H20N2S2. The molecule has 1 aliphatic rings. The molecule has 1 fully saturated rings. The normalized spacial score (nSPS) is 16.3. The molecule has 0 bridgehead atoms. The summed E-state index contributed by atoms with van der Waals surface area (Å²) in [6.45, 7) is 1.97. The summed E-state index contributed by atoms with van der Waals surface area (Å²) in [4.78, 5) is 8.64. The molecule has 0 spiro atoms. The van der Waals surface area contributed by atoms with Crippen molar-refractivity contribution >= 4 is 44.7 Å². The largest absolute Gasteiger partial charge is 0.330 e. The fourth-order valence-corrected chi connectivity index (χ4v) is 5.15. The van der Waals surface area contributed by atoms with E-state index in [1.165, 1.54) is 32.9 Å². The molecule has 24 heavy (non-hydrogen) atoms. The number of hydrogen-bond acceptors (Lipinski definition) is 3. The lowest BCUT2D eigenvalue weighted by Gasteiger charge is -2.18. The fourth-order valence-electron chi connectivity index (χ4n) is 3.11. The average Bonchev–Trinajstić information content (AvgIpc) is 3.27. The van der Waals surface area contributed by atoms with Crippen LogP contribution >= 0.6 is 23.1 Å². The van der Waals surface area contributed by atoms with Crippen molar-refractivity contribution in [3.63, 3.8) is 0 Å². The average molecular weight is 353 g/mol. The van der Waals surface area contributed by atoms with Gasteiger partial charge in [0.1, 0.15) is 5.84 Å². The van der Waals surface area contributed by atoms with Gasteiger partial charge in [0.2, 0.25) is 0 Å². The maximum absolute atomic E-state index is 4.89. The molecular weight excluding hydrogens is 332 g/mol. The third-order valence-corrected chi connectivity index (χ3v) is 6.40. The van der Waals surface area contributed by atoms with Crippen LogP contribution in [0.3, 0.4) is 0 Å². The van der Waals surface area contributed by atoms with Gasteiger partial charge in [-0.2, -0.15) is 0 Å². The van der Waals surface area contributed by atoms with E-state index in [9.17, 15) is 0 Å². The van der Waals surface area contributed by atoms with Gasteiger partial charge >= 0.3 is 0 Å². The number of anilines is 1. The second kappa shape index (κ2) is 7.41. The molecule has 2 nitrogen and oxygen atoms in total. The molecule has 0 radical (unpaired) electrons. The summed E-state index contributed by atoms with van der Waals surface area (Å²) in [7, 11) is 0. The van der Waals surface area contributed by atoms with Gasteiger partial charge in [-0.05, 0) is 24.6 Å². The zero-order chi connectivity index (χ0) is 16.2. The summed E-state index contributed by atoms with van der Waals surface area (Å²) in [6, 6.07) is 19.3. The Morgan fingerprint density at radius 1 is 1.04 bits per heavy atom. The Hall–Kier alpha value is -1.78. The van der Waals surface area contributed by atoms with Crippen molar-refractivity contribution in [1.82, 2.24) is 0 Å². The standard InChI is InChI=1S/C20H20N2S2/c1-2-7-16(8-3-1)22-13-6-11-20(22)21-12-14-23-19-15-24-18-10-5-4-9-17(18)19/h1-5,7-10,15H,6,11-14H2. The second-order valence-electron chi connectivity index (χ2n) is 5.83. The van der Waals surface area contributed by atoms with Crippen LogP contribution in [-0.4, -0.2) is 24.7 Å². The third-order valence-electron chi connectivity index (χ3n) is 4.25. The lowest BCUT2D eigenvalue weighted by molar-refractivity contribution is 0.956. The second-order valence-corrected chi connectivity index (χ2v) is 7.88. The number of nitrogens with zero attached hydrogens (tertiary/aromatic N) is 2. The first kappa shape index (κ1) is 15.7. The van der Waals surface area contributed by atoms with E-state index in [2.05, 4.69) is 64.9 Å². The fraction of sp³-hybridized carbons (Fsp3) is 0.250. The minimum atomic E-state index is 0.882. The molecule has 4 heteroatoms. The van der Waals surface area contributed by atoms with Crippen molar-refractivity contribution in [1.29, 1.82) is 0 Å². The van der Waals surface area contributed by atoms with E-state index in [0.717, 1.165) is 25.3 Å². The van der Waals surface area contributed by atoms with Crippen LogP contribution in [0.4, 0.5) is 5.69 Å². The number of thioether (sulfide) groups is 1. The highest BCUT2D eigenvalue weighted by Gasteiger charge is 2.19. The van der Waals surface area contributed by atoms with Crippen molar-refractivity contribution in [2.24, 2.45) is 4.99 Å². The van der Waals surface area contributed by atoms with Crippen LogP contribution in [0.1, 0.15) is 12.8 Å². The van der Waals surface area contributed by atoms with E-state index < -0.39 is 0 Å². The number of para-hydroxylation sites is 1. The minimum absolute atomic E-state index is 0.882. The van der Waals surface area contributed by atoms with Gasteiger partial charge in [-0.3, -0.25) is 4.99 Å². The zero-order valence-electron chi connectivity index (χ0n) is 13.5. The van der Waals surface area contributed by atoms with Crippen LogP contribution in [0.25, 0.3) is 10.1 Å². The van der Waals surface area contributed by atoms with Crippen LogP contribution in [-0.2, 0) is 0 Å². The van der Waals surface area contributed by atoms with Crippen LogP contribution in [0.5, 0.6) is 0 Å². The molecule has 3 aromatic rings. The van der Waals surface area contributed by atoms with Gasteiger partial charge in [0.25, 0.3) is 0 Å². The highest BCUT2D eigenvalue weighted by Crippen LogP contribution is 2.33. The number of rotatable bonds is 5. The summed E-state index contributed by atoms with van der Waals surface area (Å²) in [6.07, 6.45) is 2.30. The summed E-state index contributed by atoms with van der Waals surface area (Å²) < 4.78 is 1.37. The monoisotopic (exact) mass is 352 g/mol. The summed E-state index contributed by atoms with van der Waals surface area (Å²) in [5.74, 6) is 2.28. The molecule has 0 N–H and O–H groups in total. The lowest BCUT2D eigenvalue weighted by Crippen LogP contribution is -2.24. The van der Waals surface area contributed by atoms with E-state index >= 15 is 0 Å². The highest BCUT2D eigenvalue weighted by molar-refractivity contribution is 7.99. The number of amidine groups is 1. The molecule has 1 saturated heterocycles. The quantitative estimate of drug-likeness (QED) is 0.433. The zero-order valence-corrected chi connectivity index (χ0v) is 15.2. The molecule has 0 unspecified atom stereocenters. The Balaban J connectivity index is 1.38. The molecule has 0 aliphatic carbocycles. The summed E-state index contributed by atoms with van der Waals surface area (Å²) in [5.41, 5.74) is 1.27. The Labute approximate surface area is 151 Å². The van der Waals surface area contributed by atoms with Crippen molar-refractivity contribution in [2.75, 3.05) is 23.7 Å². The van der Waals surface area contributed by atoms with Gasteiger partial charge in [0.05, 0.1) is 6.54 Å². The highest BCUT2D eigenvalue weighted by atomic mass is 32.2. The maximum Gasteiger partial charge on any atom is 0.103 e. The van der Waals surface area contributed by atoms with E-state index in [4.69, 9.17) is 4.99 Å². The summed E-state index contributed by atoms with van der Waals surface area (Å²) in [5, 5.41) is 3.65. The van der Waals surface area contributed by atoms with Crippen molar-refractivity contribution in [3.05, 3.63) is 60.0 Å². The Morgan fingerprint density at radius 2 is 1.88 bits per heavy atom. The first-order valence-electron chi connectivity index (χ1n) is 8.37. The first-order valence-corrected chi connectivity index (χ1v) is 10.2. The maximum atomic E-state index is 4.89. The molecule has 0 amide bonds. The van der Waals surface area contributed by atoms with Gasteiger partial charge in [-0.1, -0.05) is 36.4 Å². The van der Waals surface area contributed by atoms with E-state index in [1.54, 1.807) is 0 Å². The predicted octanol–water partition coefficient (Wildman–Crippen LogP) is 5.69. The van der Waals surface area contributed by atoms with Gasteiger partial charge in [-0.25, -0.2) is 0 Å². The molecule has 122 valence electrons. The number of hydrogen-bond donors (Lipinski definition) is 0. The van der Waals surface area contributed by atoms with Crippen LogP contribution in [0.2, 0.25) is 0 Å². The Morgan fingerprint density at radius 3 is 2.79 bits per heavy atom. The van der Waals surface area contributed by atoms with E-state index in [1.807, 2.05) is 23.1 Å². The van der Waals surface area contributed by atoms with Gasteiger partial charge in [0, 0.05) is 44.8 Å². The van der Waals surface area contributed by atoms with Crippen LogP contribution in [0.15, 0.2) is 69.9 Å². The Kier molecular flexibility index (Phi) is 4.86. The molecule has 0 atom stereocenters. The first-order chi connectivity index (χ1) is 11.9. The van der Waals surface area contributed by atoms with Crippen LogP contribution in [0, 0.1) is 0 Å². The van der Waals surface area contributed by atoms with Crippen LogP contribution < -0.4 is 4.90 Å². The molecule has 2 heterocycles.